The summed E-state index contributed by atoms with van der Waals surface area (Å²) in [5, 5.41) is 7.10. The van der Waals surface area contributed by atoms with E-state index in [1.807, 2.05) is 30.3 Å². The third kappa shape index (κ3) is 5.54. The average Bonchev–Trinajstić information content (AvgIpc) is 3.29. The summed E-state index contributed by atoms with van der Waals surface area (Å²) >= 11 is 0. The van der Waals surface area contributed by atoms with Crippen LogP contribution in [-0.4, -0.2) is 29.4 Å². The zero-order valence-corrected chi connectivity index (χ0v) is 17.7. The predicted octanol–water partition coefficient (Wildman–Crippen LogP) is 5.33. The summed E-state index contributed by atoms with van der Waals surface area (Å²) < 4.78 is 37.3. The van der Waals surface area contributed by atoms with Gasteiger partial charge < -0.3 is 14.8 Å². The number of hydrogen-bond acceptors (Lipinski definition) is 4. The van der Waals surface area contributed by atoms with Crippen LogP contribution in [0.3, 0.4) is 0 Å². The highest BCUT2D eigenvalue weighted by molar-refractivity contribution is 5.93. The average molecular weight is 449 g/mol. The summed E-state index contributed by atoms with van der Waals surface area (Å²) in [5.41, 5.74) is 3.16. The maximum absolute atomic E-state index is 12.9. The van der Waals surface area contributed by atoms with Crippen molar-refractivity contribution < 1.29 is 23.0 Å². The van der Waals surface area contributed by atoms with Crippen LogP contribution >= 0.6 is 0 Å². The molecular weight excluding hydrogens is 428 g/mol. The molecule has 0 bridgehead atoms. The van der Waals surface area contributed by atoms with Crippen molar-refractivity contribution in [3.05, 3.63) is 90.8 Å². The number of carbonyl (C=O) groups is 1. The van der Waals surface area contributed by atoms with Gasteiger partial charge in [0, 0.05) is 17.4 Å². The summed E-state index contributed by atoms with van der Waals surface area (Å²) in [7, 11) is 1.54. The van der Waals surface area contributed by atoms with Crippen molar-refractivity contribution in [3.63, 3.8) is 0 Å². The summed E-state index contributed by atoms with van der Waals surface area (Å²) in [6.45, 7) is -2.97. The summed E-state index contributed by atoms with van der Waals surface area (Å²) in [4.78, 5) is 12.6. The number of nitrogens with one attached hydrogen (secondary N) is 1. The van der Waals surface area contributed by atoms with E-state index in [-0.39, 0.29) is 18.1 Å². The lowest BCUT2D eigenvalue weighted by Gasteiger charge is -2.14. The van der Waals surface area contributed by atoms with E-state index in [2.05, 4.69) is 15.2 Å². The smallest absolute Gasteiger partial charge is 0.387 e. The lowest BCUT2D eigenvalue weighted by Crippen LogP contribution is -2.14. The fraction of sp³-hybridized carbons (Fsp3) is 0.120. The van der Waals surface area contributed by atoms with Gasteiger partial charge in [0.2, 0.25) is 5.91 Å². The molecule has 0 unspecified atom stereocenters. The first-order valence-corrected chi connectivity index (χ1v) is 10.1. The second kappa shape index (κ2) is 9.95. The lowest BCUT2D eigenvalue weighted by molar-refractivity contribution is -0.115. The van der Waals surface area contributed by atoms with E-state index < -0.39 is 6.61 Å². The Morgan fingerprint density at radius 2 is 1.82 bits per heavy atom. The van der Waals surface area contributed by atoms with Gasteiger partial charge in [-0.2, -0.15) is 13.9 Å². The van der Waals surface area contributed by atoms with Crippen LogP contribution in [0.15, 0.2) is 85.2 Å². The number of ether oxygens (including phenoxy) is 2. The second-order valence-corrected chi connectivity index (χ2v) is 7.17. The molecule has 0 saturated carbocycles. The van der Waals surface area contributed by atoms with Gasteiger partial charge in [0.25, 0.3) is 0 Å². The van der Waals surface area contributed by atoms with Crippen LogP contribution in [0.25, 0.3) is 16.8 Å². The minimum absolute atomic E-state index is 0.0114. The molecule has 1 amide bonds. The van der Waals surface area contributed by atoms with Crippen molar-refractivity contribution in [2.24, 2.45) is 0 Å². The van der Waals surface area contributed by atoms with Crippen LogP contribution in [0.2, 0.25) is 0 Å². The SMILES string of the molecule is COc1ccc(-c2cc(NC(=O)Cc3cnn(-c4ccccc4)c3)ccc2OC(F)F)cc1. The van der Waals surface area contributed by atoms with Gasteiger partial charge in [-0.15, -0.1) is 0 Å². The minimum Gasteiger partial charge on any atom is -0.497 e. The first kappa shape index (κ1) is 22.0. The monoisotopic (exact) mass is 449 g/mol. The second-order valence-electron chi connectivity index (χ2n) is 7.17. The van der Waals surface area contributed by atoms with Crippen molar-refractivity contribution in [1.29, 1.82) is 0 Å². The number of benzene rings is 3. The number of anilines is 1. The molecule has 0 fully saturated rings. The number of amides is 1. The first-order chi connectivity index (χ1) is 16.0. The molecule has 0 atom stereocenters. The zero-order chi connectivity index (χ0) is 23.2. The summed E-state index contributed by atoms with van der Waals surface area (Å²) in [6.07, 6.45) is 3.53. The Bertz CT molecular complexity index is 1230. The number of para-hydroxylation sites is 1. The summed E-state index contributed by atoms with van der Waals surface area (Å²) in [5.74, 6) is 0.388. The normalized spacial score (nSPS) is 10.8. The Morgan fingerprint density at radius 1 is 1.06 bits per heavy atom. The van der Waals surface area contributed by atoms with Gasteiger partial charge in [-0.05, 0) is 53.6 Å². The third-order valence-corrected chi connectivity index (χ3v) is 4.90. The number of methoxy groups -OCH3 is 1. The Balaban J connectivity index is 1.51. The first-order valence-electron chi connectivity index (χ1n) is 10.1. The van der Waals surface area contributed by atoms with Gasteiger partial charge >= 0.3 is 6.61 Å². The number of rotatable bonds is 8. The number of nitrogens with zero attached hydrogens (tertiary/aromatic N) is 2. The fourth-order valence-electron chi connectivity index (χ4n) is 3.37. The standard InChI is InChI=1S/C25H21F2N3O3/c1-32-21-10-7-18(8-11-21)22-14-19(9-12-23(22)33-25(26)27)29-24(31)13-17-15-28-30(16-17)20-5-3-2-4-6-20/h2-12,14-16,25H,13H2,1H3,(H,29,31). The molecule has 0 aliphatic heterocycles. The van der Waals surface area contributed by atoms with Crippen LogP contribution in [0, 0.1) is 0 Å². The molecule has 0 spiro atoms. The Kier molecular flexibility index (Phi) is 6.64. The van der Waals surface area contributed by atoms with Crippen LogP contribution < -0.4 is 14.8 Å². The Hall–Kier alpha value is -4.20. The van der Waals surface area contributed by atoms with Crippen LogP contribution in [-0.2, 0) is 11.2 Å². The van der Waals surface area contributed by atoms with Crippen molar-refractivity contribution in [3.8, 4) is 28.3 Å². The van der Waals surface area contributed by atoms with E-state index in [0.29, 0.717) is 22.6 Å². The highest BCUT2D eigenvalue weighted by Gasteiger charge is 2.14. The molecule has 0 aliphatic rings. The van der Waals surface area contributed by atoms with Crippen molar-refractivity contribution in [1.82, 2.24) is 9.78 Å². The molecule has 8 heteroatoms. The molecule has 1 N–H and O–H groups in total. The molecular formula is C25H21F2N3O3. The van der Waals surface area contributed by atoms with Gasteiger partial charge in [-0.1, -0.05) is 30.3 Å². The summed E-state index contributed by atoms with van der Waals surface area (Å²) in [6, 6.07) is 21.0. The van der Waals surface area contributed by atoms with E-state index in [9.17, 15) is 13.6 Å². The number of halogens is 2. The molecule has 0 aliphatic carbocycles. The van der Waals surface area contributed by atoms with Crippen molar-refractivity contribution in [2.75, 3.05) is 12.4 Å². The van der Waals surface area contributed by atoms with Gasteiger partial charge in [0.05, 0.1) is 25.4 Å². The van der Waals surface area contributed by atoms with Crippen LogP contribution in [0.5, 0.6) is 11.5 Å². The molecule has 1 heterocycles. The molecule has 4 rings (SSSR count). The largest absolute Gasteiger partial charge is 0.497 e. The number of alkyl halides is 2. The quantitative estimate of drug-likeness (QED) is 0.395. The van der Waals surface area contributed by atoms with E-state index in [4.69, 9.17) is 4.74 Å². The lowest BCUT2D eigenvalue weighted by atomic mass is 10.0. The Labute approximate surface area is 189 Å². The minimum atomic E-state index is -2.97. The number of carbonyl (C=O) groups excluding carboxylic acids is 1. The van der Waals surface area contributed by atoms with E-state index in [0.717, 1.165) is 11.3 Å². The van der Waals surface area contributed by atoms with Crippen LogP contribution in [0.4, 0.5) is 14.5 Å². The molecule has 1 aromatic heterocycles. The molecule has 3 aromatic carbocycles. The number of aromatic nitrogens is 2. The molecule has 0 radical (unpaired) electrons. The Morgan fingerprint density at radius 3 is 2.52 bits per heavy atom. The van der Waals surface area contributed by atoms with Gasteiger partial charge in [0.1, 0.15) is 11.5 Å². The van der Waals surface area contributed by atoms with E-state index in [1.54, 1.807) is 54.5 Å². The molecule has 0 saturated heterocycles. The number of hydrogen-bond donors (Lipinski definition) is 1. The third-order valence-electron chi connectivity index (χ3n) is 4.90. The van der Waals surface area contributed by atoms with E-state index in [1.165, 1.54) is 12.1 Å². The zero-order valence-electron chi connectivity index (χ0n) is 17.7. The van der Waals surface area contributed by atoms with Crippen LogP contribution in [0.1, 0.15) is 5.56 Å². The molecule has 4 aromatic rings. The highest BCUT2D eigenvalue weighted by atomic mass is 19.3. The predicted molar refractivity (Wildman–Crippen MR) is 121 cm³/mol. The van der Waals surface area contributed by atoms with Gasteiger partial charge in [-0.25, -0.2) is 4.68 Å². The maximum Gasteiger partial charge on any atom is 0.387 e. The highest BCUT2D eigenvalue weighted by Crippen LogP contribution is 2.34. The topological polar surface area (TPSA) is 65.4 Å². The molecule has 6 nitrogen and oxygen atoms in total. The fourth-order valence-corrected chi connectivity index (χ4v) is 3.37. The van der Waals surface area contributed by atoms with Crippen molar-refractivity contribution in [2.45, 2.75) is 13.0 Å². The molecule has 168 valence electrons. The molecule has 33 heavy (non-hydrogen) atoms. The van der Waals surface area contributed by atoms with Gasteiger partial charge in [0.15, 0.2) is 0 Å². The van der Waals surface area contributed by atoms with Crippen molar-refractivity contribution >= 4 is 11.6 Å². The van der Waals surface area contributed by atoms with E-state index >= 15 is 0 Å². The maximum atomic E-state index is 12.9. The van der Waals surface area contributed by atoms with Gasteiger partial charge in [-0.3, -0.25) is 4.79 Å².